The van der Waals surface area contributed by atoms with E-state index in [1.807, 2.05) is 39.8 Å². The fraction of sp³-hybridized carbons (Fsp3) is 0.333. The third-order valence-corrected chi connectivity index (χ3v) is 7.56. The van der Waals surface area contributed by atoms with Gasteiger partial charge < -0.3 is 15.4 Å². The van der Waals surface area contributed by atoms with E-state index in [4.69, 9.17) is 26.4 Å². The third-order valence-electron chi connectivity index (χ3n) is 7.37. The molecular formula is C30H28ClN7O3. The van der Waals surface area contributed by atoms with Gasteiger partial charge in [0.15, 0.2) is 5.65 Å². The Hall–Kier alpha value is -4.49. The van der Waals surface area contributed by atoms with Crippen molar-refractivity contribution in [2.75, 3.05) is 0 Å². The first kappa shape index (κ1) is 26.7. The van der Waals surface area contributed by atoms with E-state index < -0.39 is 11.7 Å². The van der Waals surface area contributed by atoms with Crippen LogP contribution in [0.2, 0.25) is 5.15 Å². The second-order valence-electron chi connectivity index (χ2n) is 12.0. The van der Waals surface area contributed by atoms with Crippen LogP contribution in [-0.4, -0.2) is 48.3 Å². The second kappa shape index (κ2) is 9.28. The Balaban J connectivity index is 1.30. The number of aryl methyl sites for hydroxylation is 1. The van der Waals surface area contributed by atoms with Gasteiger partial charge in [-0.3, -0.25) is 4.79 Å². The summed E-state index contributed by atoms with van der Waals surface area (Å²) in [6.45, 7) is 7.31. The smallest absolute Gasteiger partial charge is 0.408 e. The molecule has 2 bridgehead atoms. The highest BCUT2D eigenvalue weighted by atomic mass is 35.5. The molecule has 0 radical (unpaired) electrons. The number of alkyl carbamates (subject to hydrolysis) is 1. The van der Waals surface area contributed by atoms with Gasteiger partial charge in [-0.15, -0.1) is 0 Å². The lowest BCUT2D eigenvalue weighted by molar-refractivity contribution is -0.0969. The number of carbonyl (C=O) groups excluding carboxylic acids is 2. The average Bonchev–Trinajstić information content (AvgIpc) is 3.24. The molecule has 10 nitrogen and oxygen atoms in total. The zero-order valence-electron chi connectivity index (χ0n) is 23.1. The highest BCUT2D eigenvalue weighted by Crippen LogP contribution is 2.60. The van der Waals surface area contributed by atoms with Crippen LogP contribution in [0.5, 0.6) is 0 Å². The summed E-state index contributed by atoms with van der Waals surface area (Å²) in [5.74, 6) is -0.304. The predicted octanol–water partition coefficient (Wildman–Crippen LogP) is 5.22. The van der Waals surface area contributed by atoms with Crippen LogP contribution in [0.25, 0.3) is 28.0 Å². The molecule has 0 unspecified atom stereocenters. The van der Waals surface area contributed by atoms with Gasteiger partial charge >= 0.3 is 6.09 Å². The van der Waals surface area contributed by atoms with Crippen molar-refractivity contribution in [1.29, 1.82) is 5.26 Å². The number of fused-ring (bicyclic) bond motifs is 1. The Labute approximate surface area is 241 Å². The summed E-state index contributed by atoms with van der Waals surface area (Å²) >= 11 is 6.32. The number of nitrogens with zero attached hydrogens (tertiary/aromatic N) is 5. The number of hydrogen-bond acceptors (Lipinski definition) is 7. The van der Waals surface area contributed by atoms with E-state index in [1.165, 1.54) is 0 Å². The zero-order chi connectivity index (χ0) is 29.2. The molecule has 11 heteroatoms. The normalized spacial score (nSPS) is 20.9. The molecule has 208 valence electrons. The van der Waals surface area contributed by atoms with Crippen molar-refractivity contribution in [1.82, 2.24) is 30.2 Å². The summed E-state index contributed by atoms with van der Waals surface area (Å²) in [6.07, 6.45) is 3.17. The number of nitrogens with one attached hydrogen (secondary N) is 2. The summed E-state index contributed by atoms with van der Waals surface area (Å²) in [6, 6.07) is 14.6. The minimum absolute atomic E-state index is 0.242. The van der Waals surface area contributed by atoms with E-state index in [9.17, 15) is 14.9 Å². The van der Waals surface area contributed by atoms with Crippen molar-refractivity contribution in [3.63, 3.8) is 0 Å². The molecule has 2 N–H and O–H groups in total. The van der Waals surface area contributed by atoms with Gasteiger partial charge in [0.05, 0.1) is 22.7 Å². The number of amides is 2. The van der Waals surface area contributed by atoms with Crippen LogP contribution in [0.4, 0.5) is 4.79 Å². The largest absolute Gasteiger partial charge is 0.444 e. The lowest BCUT2D eigenvalue weighted by atomic mass is 9.44. The molecule has 3 aliphatic rings. The topological polar surface area (TPSA) is 134 Å². The quantitative estimate of drug-likeness (QED) is 0.315. The second-order valence-corrected chi connectivity index (χ2v) is 12.4. The number of halogens is 1. The maximum absolute atomic E-state index is 13.4. The van der Waals surface area contributed by atoms with Gasteiger partial charge in [-0.2, -0.15) is 10.4 Å². The standard InChI is InChI=1S/C30H28ClN7O3/c1-17-10-20(12-22(31)33-17)23-24(19-7-5-6-18(11-19)13-32)37-38-9-8-21(34-25(23)38)26(39)35-29-14-30(15-29,16-29)36-27(40)41-28(2,3)4/h5-12H,14-16H2,1-4H3,(H,35,39)(H,36,40). The van der Waals surface area contributed by atoms with Crippen molar-refractivity contribution in [2.45, 2.75) is 63.6 Å². The molecule has 0 saturated heterocycles. The minimum Gasteiger partial charge on any atom is -0.444 e. The Kier molecular flexibility index (Phi) is 6.05. The van der Waals surface area contributed by atoms with E-state index >= 15 is 0 Å². The SMILES string of the molecule is Cc1cc(-c2c(-c3cccc(C#N)c3)nn3ccc(C(=O)NC45CC(NC(=O)OC(C)(C)C)(C4)C5)nc23)cc(Cl)n1. The molecular weight excluding hydrogens is 542 g/mol. The summed E-state index contributed by atoms with van der Waals surface area (Å²) in [4.78, 5) is 34.6. The van der Waals surface area contributed by atoms with Crippen LogP contribution in [0.15, 0.2) is 48.7 Å². The van der Waals surface area contributed by atoms with E-state index in [-0.39, 0.29) is 22.7 Å². The Morgan fingerprint density at radius 1 is 1.05 bits per heavy atom. The van der Waals surface area contributed by atoms with E-state index in [0.717, 1.165) is 16.8 Å². The number of hydrogen-bond donors (Lipinski definition) is 2. The summed E-state index contributed by atoms with van der Waals surface area (Å²) in [7, 11) is 0. The number of pyridine rings is 1. The summed E-state index contributed by atoms with van der Waals surface area (Å²) < 4.78 is 7.00. The van der Waals surface area contributed by atoms with Crippen LogP contribution in [-0.2, 0) is 4.74 Å². The Bertz CT molecular complexity index is 1740. The lowest BCUT2D eigenvalue weighted by Gasteiger charge is -2.70. The van der Waals surface area contributed by atoms with Crippen molar-refractivity contribution in [2.24, 2.45) is 0 Å². The Morgan fingerprint density at radius 2 is 1.78 bits per heavy atom. The van der Waals surface area contributed by atoms with Crippen LogP contribution in [0.3, 0.4) is 0 Å². The maximum atomic E-state index is 13.4. The number of carbonyl (C=O) groups is 2. The van der Waals surface area contributed by atoms with Crippen molar-refractivity contribution < 1.29 is 14.3 Å². The highest BCUT2D eigenvalue weighted by molar-refractivity contribution is 6.29. The van der Waals surface area contributed by atoms with E-state index in [2.05, 4.69) is 21.7 Å². The van der Waals surface area contributed by atoms with Crippen LogP contribution < -0.4 is 10.6 Å². The zero-order valence-corrected chi connectivity index (χ0v) is 23.8. The highest BCUT2D eigenvalue weighted by Gasteiger charge is 2.69. The van der Waals surface area contributed by atoms with Gasteiger partial charge in [-0.1, -0.05) is 23.7 Å². The monoisotopic (exact) mass is 569 g/mol. The lowest BCUT2D eigenvalue weighted by Crippen LogP contribution is -2.83. The van der Waals surface area contributed by atoms with Gasteiger partial charge in [0.25, 0.3) is 5.91 Å². The molecule has 3 fully saturated rings. The van der Waals surface area contributed by atoms with Crippen LogP contribution in [0, 0.1) is 18.3 Å². The van der Waals surface area contributed by atoms with Gasteiger partial charge in [0.2, 0.25) is 0 Å². The van der Waals surface area contributed by atoms with Crippen molar-refractivity contribution in [3.05, 3.63) is 70.8 Å². The first-order chi connectivity index (χ1) is 19.4. The summed E-state index contributed by atoms with van der Waals surface area (Å²) in [5.41, 5.74) is 3.40. The molecule has 4 aromatic rings. The molecule has 3 heterocycles. The van der Waals surface area contributed by atoms with Crippen LogP contribution >= 0.6 is 11.6 Å². The van der Waals surface area contributed by atoms with E-state index in [0.29, 0.717) is 46.9 Å². The number of aromatic nitrogens is 4. The number of benzene rings is 1. The fourth-order valence-electron chi connectivity index (χ4n) is 5.91. The molecule has 2 amide bonds. The summed E-state index contributed by atoms with van der Waals surface area (Å²) in [5, 5.41) is 20.6. The number of nitriles is 1. The molecule has 3 saturated carbocycles. The number of ether oxygens (including phenoxy) is 1. The molecule has 0 aliphatic heterocycles. The van der Waals surface area contributed by atoms with Gasteiger partial charge in [-0.25, -0.2) is 19.3 Å². The fourth-order valence-corrected chi connectivity index (χ4v) is 6.16. The first-order valence-electron chi connectivity index (χ1n) is 13.2. The molecule has 3 aliphatic carbocycles. The first-order valence-corrected chi connectivity index (χ1v) is 13.6. The Morgan fingerprint density at radius 3 is 2.46 bits per heavy atom. The molecule has 3 aromatic heterocycles. The predicted molar refractivity (Wildman–Crippen MR) is 152 cm³/mol. The molecule has 7 rings (SSSR count). The molecule has 0 atom stereocenters. The van der Waals surface area contributed by atoms with Crippen molar-refractivity contribution >= 4 is 29.2 Å². The third kappa shape index (κ3) is 4.98. The minimum atomic E-state index is -0.574. The van der Waals surface area contributed by atoms with Gasteiger partial charge in [-0.05, 0) is 82.9 Å². The maximum Gasteiger partial charge on any atom is 0.408 e. The van der Waals surface area contributed by atoms with Gasteiger partial charge in [0, 0.05) is 23.0 Å². The molecule has 1 aromatic carbocycles. The van der Waals surface area contributed by atoms with E-state index in [1.54, 1.807) is 41.0 Å². The average molecular weight is 570 g/mol. The van der Waals surface area contributed by atoms with Gasteiger partial charge in [0.1, 0.15) is 22.1 Å². The molecule has 41 heavy (non-hydrogen) atoms. The molecule has 0 spiro atoms. The van der Waals surface area contributed by atoms with Crippen LogP contribution in [0.1, 0.15) is 61.8 Å². The number of rotatable bonds is 5. The van der Waals surface area contributed by atoms with Crippen molar-refractivity contribution in [3.8, 4) is 28.5 Å².